The predicted molar refractivity (Wildman–Crippen MR) is 103 cm³/mol. The third-order valence-electron chi connectivity index (χ3n) is 5.50. The van der Waals surface area contributed by atoms with E-state index in [-0.39, 0.29) is 22.9 Å². The normalized spacial score (nSPS) is 25.8. The number of benzene rings is 1. The van der Waals surface area contributed by atoms with Crippen molar-refractivity contribution in [3.63, 3.8) is 0 Å². The summed E-state index contributed by atoms with van der Waals surface area (Å²) in [7, 11) is -4.02. The summed E-state index contributed by atoms with van der Waals surface area (Å²) in [4.78, 5) is 14.3. The third kappa shape index (κ3) is 3.71. The van der Waals surface area contributed by atoms with E-state index in [9.17, 15) is 28.1 Å². The van der Waals surface area contributed by atoms with Gasteiger partial charge in [0.15, 0.2) is 15.4 Å². The van der Waals surface area contributed by atoms with Crippen LogP contribution in [0, 0.1) is 28.5 Å². The highest BCUT2D eigenvalue weighted by atomic mass is 35.5. The molecule has 0 radical (unpaired) electrons. The highest BCUT2D eigenvalue weighted by Crippen LogP contribution is 2.40. The van der Waals surface area contributed by atoms with Gasteiger partial charge in [0.1, 0.15) is 11.4 Å². The Hall–Kier alpha value is -2.20. The van der Waals surface area contributed by atoms with Crippen LogP contribution in [-0.2, 0) is 14.6 Å². The van der Waals surface area contributed by atoms with Crippen molar-refractivity contribution in [1.82, 2.24) is 10.2 Å². The molecular formula is C19H20ClFN4O3S. The van der Waals surface area contributed by atoms with Crippen LogP contribution in [-0.4, -0.2) is 48.6 Å². The van der Waals surface area contributed by atoms with Gasteiger partial charge in [0, 0.05) is 13.0 Å². The van der Waals surface area contributed by atoms with Gasteiger partial charge in [0.05, 0.1) is 27.3 Å². The quantitative estimate of drug-likeness (QED) is 0.681. The van der Waals surface area contributed by atoms with E-state index in [1.807, 2.05) is 19.1 Å². The number of carbonyl (C=O) groups excluding carboxylic acids is 1. The van der Waals surface area contributed by atoms with Gasteiger partial charge in [-0.15, -0.1) is 0 Å². The fraction of sp³-hybridized carbons (Fsp3) is 0.526. The van der Waals surface area contributed by atoms with Gasteiger partial charge in [-0.2, -0.15) is 10.5 Å². The average molecular weight is 439 g/mol. The maximum atomic E-state index is 13.3. The number of carbonyl (C=O) groups is 1. The lowest BCUT2D eigenvalue weighted by Crippen LogP contribution is -2.57. The molecule has 1 aliphatic heterocycles. The van der Waals surface area contributed by atoms with E-state index in [1.54, 1.807) is 4.90 Å². The van der Waals surface area contributed by atoms with Crippen LogP contribution >= 0.6 is 11.6 Å². The van der Waals surface area contributed by atoms with E-state index >= 15 is 0 Å². The highest BCUT2D eigenvalue weighted by Gasteiger charge is 2.58. The number of nitrogens with zero attached hydrogens (tertiary/aromatic N) is 3. The lowest BCUT2D eigenvalue weighted by molar-refractivity contribution is -0.129. The van der Waals surface area contributed by atoms with Crippen molar-refractivity contribution in [2.45, 2.75) is 53.8 Å². The molecule has 1 aliphatic carbocycles. The van der Waals surface area contributed by atoms with E-state index in [1.165, 1.54) is 0 Å². The van der Waals surface area contributed by atoms with Gasteiger partial charge in [-0.25, -0.2) is 12.8 Å². The summed E-state index contributed by atoms with van der Waals surface area (Å²) in [6.45, 7) is 2.16. The minimum atomic E-state index is -4.02. The van der Waals surface area contributed by atoms with Crippen molar-refractivity contribution < 1.29 is 17.6 Å². The highest BCUT2D eigenvalue weighted by molar-refractivity contribution is 7.92. The van der Waals surface area contributed by atoms with Crippen molar-refractivity contribution in [2.75, 3.05) is 13.1 Å². The van der Waals surface area contributed by atoms with Crippen molar-refractivity contribution in [3.05, 3.63) is 29.0 Å². The molecule has 2 aliphatic rings. The zero-order valence-corrected chi connectivity index (χ0v) is 17.4. The summed E-state index contributed by atoms with van der Waals surface area (Å²) in [6.07, 6.45) is 1.34. The van der Waals surface area contributed by atoms with Crippen LogP contribution in [0.5, 0.6) is 0 Å². The largest absolute Gasteiger partial charge is 0.335 e. The third-order valence-corrected chi connectivity index (χ3v) is 8.08. The smallest absolute Gasteiger partial charge is 0.256 e. The van der Waals surface area contributed by atoms with Crippen LogP contribution in [0.4, 0.5) is 4.39 Å². The first-order valence-electron chi connectivity index (χ1n) is 9.23. The molecule has 1 saturated heterocycles. The van der Waals surface area contributed by atoms with Gasteiger partial charge in [0.25, 0.3) is 5.91 Å². The summed E-state index contributed by atoms with van der Waals surface area (Å²) in [5.41, 5.74) is -2.68. The predicted octanol–water partition coefficient (Wildman–Crippen LogP) is 2.17. The summed E-state index contributed by atoms with van der Waals surface area (Å²) < 4.78 is 39.7. The summed E-state index contributed by atoms with van der Waals surface area (Å²) in [5, 5.41) is 20.5. The van der Waals surface area contributed by atoms with Gasteiger partial charge >= 0.3 is 0 Å². The Labute approximate surface area is 174 Å². The Morgan fingerprint density at radius 1 is 1.38 bits per heavy atom. The SMILES string of the molecule is CCCN1CC(S(=O)(=O)c2ccc(F)cc2Cl)CC1(C#N)C(=O)NC1(C#N)CC1. The zero-order valence-electron chi connectivity index (χ0n) is 15.8. The van der Waals surface area contributed by atoms with Crippen molar-refractivity contribution >= 4 is 27.3 Å². The van der Waals surface area contributed by atoms with E-state index in [4.69, 9.17) is 11.6 Å². The number of hydrogen-bond donors (Lipinski definition) is 1. The Balaban J connectivity index is 1.96. The number of nitrogens with one attached hydrogen (secondary N) is 1. The number of halogens is 2. The number of hydrogen-bond acceptors (Lipinski definition) is 6. The fourth-order valence-corrected chi connectivity index (χ4v) is 5.96. The summed E-state index contributed by atoms with van der Waals surface area (Å²) in [5.74, 6) is -1.32. The molecular weight excluding hydrogens is 419 g/mol. The van der Waals surface area contributed by atoms with E-state index in [0.717, 1.165) is 18.2 Å². The van der Waals surface area contributed by atoms with Crippen molar-refractivity contribution in [1.29, 1.82) is 10.5 Å². The lowest BCUT2D eigenvalue weighted by Gasteiger charge is -2.31. The number of amides is 1. The average Bonchev–Trinajstić information content (AvgIpc) is 3.33. The Morgan fingerprint density at radius 3 is 2.59 bits per heavy atom. The maximum Gasteiger partial charge on any atom is 0.256 e. The standard InChI is InChI=1S/C19H20ClFN4O3S/c1-2-7-25-10-14(29(27,28)16-4-3-13(21)8-15(16)20)9-19(25,12-23)17(26)24-18(11-22)5-6-18/h3-4,8,14H,2,5-7,9-10H2,1H3,(H,24,26). The van der Waals surface area contributed by atoms with Gasteiger partial charge < -0.3 is 5.32 Å². The fourth-order valence-electron chi connectivity index (χ4n) is 3.68. The molecule has 29 heavy (non-hydrogen) atoms. The van der Waals surface area contributed by atoms with Crippen LogP contribution in [0.1, 0.15) is 32.6 Å². The molecule has 1 aromatic rings. The molecule has 0 bridgehead atoms. The van der Waals surface area contributed by atoms with Gasteiger partial charge in [-0.05, 0) is 44.0 Å². The molecule has 2 atom stereocenters. The Morgan fingerprint density at radius 2 is 2.07 bits per heavy atom. The maximum absolute atomic E-state index is 13.3. The molecule has 1 heterocycles. The second-order valence-electron chi connectivity index (χ2n) is 7.51. The minimum absolute atomic E-state index is 0.0373. The lowest BCUT2D eigenvalue weighted by atomic mass is 9.95. The molecule has 154 valence electrons. The van der Waals surface area contributed by atoms with Crippen LogP contribution in [0.2, 0.25) is 5.02 Å². The van der Waals surface area contributed by atoms with Crippen LogP contribution < -0.4 is 5.32 Å². The van der Waals surface area contributed by atoms with Crippen molar-refractivity contribution in [3.8, 4) is 12.1 Å². The molecule has 10 heteroatoms. The zero-order chi connectivity index (χ0) is 21.4. The van der Waals surface area contributed by atoms with Crippen LogP contribution in [0.3, 0.4) is 0 Å². The number of rotatable bonds is 6. The first-order chi connectivity index (χ1) is 13.6. The summed E-state index contributed by atoms with van der Waals surface area (Å²) >= 11 is 5.96. The van der Waals surface area contributed by atoms with Crippen molar-refractivity contribution in [2.24, 2.45) is 0 Å². The van der Waals surface area contributed by atoms with Gasteiger partial charge in [0.2, 0.25) is 0 Å². The van der Waals surface area contributed by atoms with Gasteiger partial charge in [-0.1, -0.05) is 18.5 Å². The van der Waals surface area contributed by atoms with E-state index in [2.05, 4.69) is 5.32 Å². The molecule has 0 spiro atoms. The molecule has 3 rings (SSSR count). The second kappa shape index (κ2) is 7.56. The molecule has 1 saturated carbocycles. The number of sulfone groups is 1. The van der Waals surface area contributed by atoms with Crippen LogP contribution in [0.15, 0.2) is 23.1 Å². The van der Waals surface area contributed by atoms with Gasteiger partial charge in [-0.3, -0.25) is 9.69 Å². The van der Waals surface area contributed by atoms with Crippen LogP contribution in [0.25, 0.3) is 0 Å². The minimum Gasteiger partial charge on any atom is -0.335 e. The molecule has 1 N–H and O–H groups in total. The molecule has 2 unspecified atom stereocenters. The Kier molecular flexibility index (Phi) is 5.61. The van der Waals surface area contributed by atoms with E-state index in [0.29, 0.717) is 25.8 Å². The topological polar surface area (TPSA) is 114 Å². The summed E-state index contributed by atoms with van der Waals surface area (Å²) in [6, 6.07) is 7.07. The first kappa shape index (κ1) is 21.5. The molecule has 1 aromatic carbocycles. The molecule has 2 fully saturated rings. The monoisotopic (exact) mass is 438 g/mol. The molecule has 7 nitrogen and oxygen atoms in total. The first-order valence-corrected chi connectivity index (χ1v) is 11.2. The number of nitriles is 2. The molecule has 0 aromatic heterocycles. The Bertz CT molecular complexity index is 1030. The molecule has 1 amide bonds. The number of likely N-dealkylation sites (tertiary alicyclic amines) is 1. The second-order valence-corrected chi connectivity index (χ2v) is 10.1. The van der Waals surface area contributed by atoms with E-state index < -0.39 is 37.9 Å².